The highest BCUT2D eigenvalue weighted by atomic mass is 16.2. The lowest BCUT2D eigenvalue weighted by molar-refractivity contribution is -0.120. The fraction of sp³-hybridized carbons (Fsp3) is 0.619. The topological polar surface area (TPSA) is 73.5 Å². The van der Waals surface area contributed by atoms with Gasteiger partial charge in [-0.25, -0.2) is 0 Å². The van der Waals surface area contributed by atoms with Gasteiger partial charge in [0.1, 0.15) is 0 Å². The number of nitrogens with one attached hydrogen (secondary N) is 3. The zero-order valence-electron chi connectivity index (χ0n) is 16.1. The molecule has 1 aliphatic heterocycles. The predicted octanol–water partition coefficient (Wildman–Crippen LogP) is 2.23. The van der Waals surface area contributed by atoms with Crippen molar-refractivity contribution in [3.63, 3.8) is 0 Å². The number of piperazine rings is 1. The lowest BCUT2D eigenvalue weighted by Gasteiger charge is -2.27. The van der Waals surface area contributed by atoms with Crippen LogP contribution in [0.25, 0.3) is 0 Å². The third-order valence-electron chi connectivity index (χ3n) is 5.51. The maximum absolute atomic E-state index is 12.4. The van der Waals surface area contributed by atoms with Gasteiger partial charge >= 0.3 is 0 Å². The van der Waals surface area contributed by atoms with E-state index in [0.29, 0.717) is 17.8 Å². The molecule has 3 N–H and O–H groups in total. The van der Waals surface area contributed by atoms with Crippen LogP contribution in [0.2, 0.25) is 0 Å². The first-order valence-electron chi connectivity index (χ1n) is 10.3. The molecule has 0 bridgehead atoms. The molecule has 2 fully saturated rings. The van der Waals surface area contributed by atoms with Gasteiger partial charge in [-0.3, -0.25) is 9.59 Å². The van der Waals surface area contributed by atoms with Gasteiger partial charge in [0.05, 0.1) is 0 Å². The first kappa shape index (κ1) is 19.8. The van der Waals surface area contributed by atoms with E-state index in [1.807, 2.05) is 12.1 Å². The minimum absolute atomic E-state index is 0.0796. The molecule has 6 heteroatoms. The average Bonchev–Trinajstić information content (AvgIpc) is 2.72. The Hall–Kier alpha value is -1.92. The fourth-order valence-corrected chi connectivity index (χ4v) is 3.89. The van der Waals surface area contributed by atoms with Gasteiger partial charge in [0.25, 0.3) is 5.91 Å². The Morgan fingerprint density at radius 3 is 2.67 bits per heavy atom. The molecule has 0 unspecified atom stereocenters. The summed E-state index contributed by atoms with van der Waals surface area (Å²) in [4.78, 5) is 27.2. The van der Waals surface area contributed by atoms with Gasteiger partial charge in [0.15, 0.2) is 0 Å². The third-order valence-corrected chi connectivity index (χ3v) is 5.51. The van der Waals surface area contributed by atoms with E-state index >= 15 is 0 Å². The first-order chi connectivity index (χ1) is 13.2. The van der Waals surface area contributed by atoms with Crippen LogP contribution in [0.15, 0.2) is 24.3 Å². The molecule has 2 amide bonds. The summed E-state index contributed by atoms with van der Waals surface area (Å²) in [7, 11) is 0. The Morgan fingerprint density at radius 1 is 1.11 bits per heavy atom. The van der Waals surface area contributed by atoms with Gasteiger partial charge in [-0.1, -0.05) is 25.3 Å². The molecule has 0 aromatic heterocycles. The maximum Gasteiger partial charge on any atom is 0.251 e. The summed E-state index contributed by atoms with van der Waals surface area (Å²) in [5, 5.41) is 9.32. The van der Waals surface area contributed by atoms with Gasteiger partial charge in [-0.2, -0.15) is 0 Å². The molecule has 1 aromatic carbocycles. The molecule has 27 heavy (non-hydrogen) atoms. The Kier molecular flexibility index (Phi) is 7.66. The molecule has 1 aromatic rings. The quantitative estimate of drug-likeness (QED) is 0.642. The average molecular weight is 373 g/mol. The van der Waals surface area contributed by atoms with Crippen molar-refractivity contribution in [3.8, 4) is 0 Å². The molecule has 1 aliphatic carbocycles. The number of rotatable bonds is 7. The number of hydrogen-bond acceptors (Lipinski definition) is 4. The van der Waals surface area contributed by atoms with Crippen LogP contribution >= 0.6 is 0 Å². The number of hydrogen-bond donors (Lipinski definition) is 3. The minimum Gasteiger partial charge on any atom is -0.352 e. The maximum atomic E-state index is 12.4. The van der Waals surface area contributed by atoms with Crippen LogP contribution in [0.4, 0.5) is 5.69 Å². The summed E-state index contributed by atoms with van der Waals surface area (Å²) < 4.78 is 0. The van der Waals surface area contributed by atoms with Crippen molar-refractivity contribution in [1.29, 1.82) is 0 Å². The van der Waals surface area contributed by atoms with Crippen molar-refractivity contribution in [3.05, 3.63) is 29.8 Å². The van der Waals surface area contributed by atoms with Crippen LogP contribution in [0.5, 0.6) is 0 Å². The number of amides is 2. The first-order valence-corrected chi connectivity index (χ1v) is 10.3. The summed E-state index contributed by atoms with van der Waals surface area (Å²) in [6, 6.07) is 7.24. The molecule has 2 aliphatic rings. The summed E-state index contributed by atoms with van der Waals surface area (Å²) in [5.41, 5.74) is 1.30. The van der Waals surface area contributed by atoms with E-state index < -0.39 is 0 Å². The molecular formula is C21H32N4O2. The van der Waals surface area contributed by atoms with Gasteiger partial charge in [-0.15, -0.1) is 0 Å². The normalized spacial score (nSPS) is 18.8. The van der Waals surface area contributed by atoms with E-state index in [1.165, 1.54) is 6.42 Å². The van der Waals surface area contributed by atoms with Crippen LogP contribution in [0.1, 0.15) is 48.9 Å². The van der Waals surface area contributed by atoms with Crippen molar-refractivity contribution in [1.82, 2.24) is 15.5 Å². The van der Waals surface area contributed by atoms with Gasteiger partial charge in [-0.05, 0) is 44.0 Å². The Bertz CT molecular complexity index is 622. The van der Waals surface area contributed by atoms with Crippen molar-refractivity contribution in [2.24, 2.45) is 5.92 Å². The molecule has 6 nitrogen and oxygen atoms in total. The van der Waals surface area contributed by atoms with Crippen molar-refractivity contribution in [2.75, 3.05) is 44.6 Å². The molecule has 0 atom stereocenters. The van der Waals surface area contributed by atoms with Gasteiger partial charge in [0, 0.05) is 49.9 Å². The van der Waals surface area contributed by atoms with E-state index in [2.05, 4.69) is 20.9 Å². The SMILES string of the molecule is O=C(NCCCN1CCNCC1)c1cccc(NC(=O)C2CCCCC2)c1. The molecule has 0 radical (unpaired) electrons. The van der Waals surface area contributed by atoms with Crippen LogP contribution in [0, 0.1) is 5.92 Å². The molecule has 148 valence electrons. The van der Waals surface area contributed by atoms with Gasteiger partial charge in [0.2, 0.25) is 5.91 Å². The highest BCUT2D eigenvalue weighted by Crippen LogP contribution is 2.25. The molecule has 1 heterocycles. The van der Waals surface area contributed by atoms with Crippen molar-refractivity contribution < 1.29 is 9.59 Å². The third kappa shape index (κ3) is 6.33. The summed E-state index contributed by atoms with van der Waals surface area (Å²) in [5.74, 6) is 0.119. The second-order valence-electron chi connectivity index (χ2n) is 7.61. The van der Waals surface area contributed by atoms with Crippen LogP contribution in [0.3, 0.4) is 0 Å². The monoisotopic (exact) mass is 372 g/mol. The second kappa shape index (κ2) is 10.4. The lowest BCUT2D eigenvalue weighted by atomic mass is 9.88. The van der Waals surface area contributed by atoms with Crippen molar-refractivity contribution >= 4 is 17.5 Å². The van der Waals surface area contributed by atoms with Crippen LogP contribution in [-0.2, 0) is 4.79 Å². The zero-order chi connectivity index (χ0) is 18.9. The minimum atomic E-state index is -0.0796. The van der Waals surface area contributed by atoms with Crippen molar-refractivity contribution in [2.45, 2.75) is 38.5 Å². The van der Waals surface area contributed by atoms with E-state index in [4.69, 9.17) is 0 Å². The molecule has 3 rings (SSSR count). The molecule has 1 saturated carbocycles. The summed E-state index contributed by atoms with van der Waals surface area (Å²) >= 11 is 0. The number of anilines is 1. The lowest BCUT2D eigenvalue weighted by Crippen LogP contribution is -2.44. The molecular weight excluding hydrogens is 340 g/mol. The predicted molar refractivity (Wildman–Crippen MR) is 108 cm³/mol. The number of nitrogens with zero attached hydrogens (tertiary/aromatic N) is 1. The van der Waals surface area contributed by atoms with Crippen LogP contribution in [-0.4, -0.2) is 56.0 Å². The second-order valence-corrected chi connectivity index (χ2v) is 7.61. The largest absolute Gasteiger partial charge is 0.352 e. The smallest absolute Gasteiger partial charge is 0.251 e. The number of benzene rings is 1. The van der Waals surface area contributed by atoms with E-state index in [0.717, 1.165) is 64.8 Å². The summed E-state index contributed by atoms with van der Waals surface area (Å²) in [6.07, 6.45) is 6.39. The Balaban J connectivity index is 1.43. The highest BCUT2D eigenvalue weighted by Gasteiger charge is 2.21. The molecule has 1 saturated heterocycles. The van der Waals surface area contributed by atoms with E-state index in [1.54, 1.807) is 12.1 Å². The Morgan fingerprint density at radius 2 is 1.89 bits per heavy atom. The standard InChI is InChI=1S/C21H32N4O2/c26-20(23-10-5-13-25-14-11-22-12-15-25)18-8-4-9-19(16-18)24-21(27)17-6-2-1-3-7-17/h4,8-9,16-17,22H,1-3,5-7,10-15H2,(H,23,26)(H,24,27). The highest BCUT2D eigenvalue weighted by molar-refractivity contribution is 5.97. The molecule has 0 spiro atoms. The van der Waals surface area contributed by atoms with Gasteiger partial charge < -0.3 is 20.9 Å². The Labute approximate surface area is 162 Å². The van der Waals surface area contributed by atoms with E-state index in [-0.39, 0.29) is 17.7 Å². The zero-order valence-corrected chi connectivity index (χ0v) is 16.1. The number of carbonyl (C=O) groups excluding carboxylic acids is 2. The fourth-order valence-electron chi connectivity index (χ4n) is 3.89. The van der Waals surface area contributed by atoms with Crippen LogP contribution < -0.4 is 16.0 Å². The summed E-state index contributed by atoms with van der Waals surface area (Å²) in [6.45, 7) is 5.94. The van der Waals surface area contributed by atoms with E-state index in [9.17, 15) is 9.59 Å². The number of carbonyl (C=O) groups is 2.